The Hall–Kier alpha value is -2.12. The van der Waals surface area contributed by atoms with Crippen LogP contribution in [-0.2, 0) is 19.2 Å². The van der Waals surface area contributed by atoms with Crippen molar-refractivity contribution in [3.05, 3.63) is 0 Å². The van der Waals surface area contributed by atoms with Gasteiger partial charge in [-0.15, -0.1) is 0 Å². The van der Waals surface area contributed by atoms with Crippen LogP contribution in [0.25, 0.3) is 0 Å². The van der Waals surface area contributed by atoms with E-state index in [1.165, 1.54) is 0 Å². The Balaban J connectivity index is 1.93. The van der Waals surface area contributed by atoms with Crippen LogP contribution in [0, 0.1) is 5.92 Å². The highest BCUT2D eigenvalue weighted by Gasteiger charge is 2.44. The van der Waals surface area contributed by atoms with Crippen LogP contribution in [0.5, 0.6) is 0 Å². The summed E-state index contributed by atoms with van der Waals surface area (Å²) in [5, 5.41) is 14.1. The van der Waals surface area contributed by atoms with Gasteiger partial charge in [-0.05, 0) is 18.8 Å². The van der Waals surface area contributed by atoms with E-state index in [9.17, 15) is 19.2 Å². The molecular weight excluding hydrogens is 302 g/mol. The highest BCUT2D eigenvalue weighted by Crippen LogP contribution is 2.24. The van der Waals surface area contributed by atoms with Crippen molar-refractivity contribution < 1.29 is 24.3 Å². The molecule has 0 saturated carbocycles. The Morgan fingerprint density at radius 3 is 2.65 bits per heavy atom. The van der Waals surface area contributed by atoms with Gasteiger partial charge in [0.15, 0.2) is 0 Å². The number of nitrogens with one attached hydrogen (secondary N) is 2. The van der Waals surface area contributed by atoms with Crippen molar-refractivity contribution in [3.63, 3.8) is 0 Å². The minimum atomic E-state index is -1.02. The molecule has 23 heavy (non-hydrogen) atoms. The summed E-state index contributed by atoms with van der Waals surface area (Å²) < 4.78 is 0. The van der Waals surface area contributed by atoms with E-state index >= 15 is 0 Å². The molecule has 2 saturated heterocycles. The van der Waals surface area contributed by atoms with E-state index in [4.69, 9.17) is 5.11 Å². The first-order valence-corrected chi connectivity index (χ1v) is 7.91. The first-order chi connectivity index (χ1) is 10.8. The number of carbonyl (C=O) groups is 4. The molecule has 8 nitrogen and oxygen atoms in total. The summed E-state index contributed by atoms with van der Waals surface area (Å²) in [5.74, 6) is -1.59. The molecule has 8 heteroatoms. The average molecular weight is 325 g/mol. The van der Waals surface area contributed by atoms with E-state index in [0.717, 1.165) is 0 Å². The third-order valence-electron chi connectivity index (χ3n) is 4.35. The molecule has 3 unspecified atom stereocenters. The lowest BCUT2D eigenvalue weighted by atomic mass is 9.90. The van der Waals surface area contributed by atoms with Crippen LogP contribution in [0.15, 0.2) is 0 Å². The number of hydrogen-bond donors (Lipinski definition) is 3. The van der Waals surface area contributed by atoms with E-state index in [0.29, 0.717) is 19.4 Å². The molecule has 3 atom stereocenters. The number of carbonyl (C=O) groups excluding carboxylic acids is 3. The molecule has 0 spiro atoms. The van der Waals surface area contributed by atoms with Gasteiger partial charge in [0.1, 0.15) is 12.1 Å². The Kier molecular flexibility index (Phi) is 5.23. The maximum Gasteiger partial charge on any atom is 0.303 e. The summed E-state index contributed by atoms with van der Waals surface area (Å²) >= 11 is 0. The van der Waals surface area contributed by atoms with Gasteiger partial charge < -0.3 is 20.6 Å². The molecule has 2 aliphatic heterocycles. The van der Waals surface area contributed by atoms with Crippen LogP contribution in [-0.4, -0.2) is 58.4 Å². The number of nitrogens with zero attached hydrogens (tertiary/aromatic N) is 1. The van der Waals surface area contributed by atoms with Crippen LogP contribution in [0.4, 0.5) is 0 Å². The van der Waals surface area contributed by atoms with Crippen molar-refractivity contribution in [2.24, 2.45) is 5.92 Å². The van der Waals surface area contributed by atoms with Gasteiger partial charge in [-0.1, -0.05) is 13.8 Å². The molecule has 2 aliphatic rings. The largest absolute Gasteiger partial charge is 0.481 e. The number of hydrogen-bond acceptors (Lipinski definition) is 4. The van der Waals surface area contributed by atoms with Gasteiger partial charge in [-0.2, -0.15) is 0 Å². The van der Waals surface area contributed by atoms with Gasteiger partial charge in [-0.3, -0.25) is 19.2 Å². The van der Waals surface area contributed by atoms with Crippen LogP contribution >= 0.6 is 0 Å². The first-order valence-electron chi connectivity index (χ1n) is 7.91. The molecular formula is C15H23N3O5. The zero-order valence-electron chi connectivity index (χ0n) is 13.4. The summed E-state index contributed by atoms with van der Waals surface area (Å²) in [6.45, 7) is 4.20. The molecule has 0 bridgehead atoms. The number of aliphatic carboxylic acids is 1. The molecule has 0 aromatic carbocycles. The van der Waals surface area contributed by atoms with Gasteiger partial charge in [0.25, 0.3) is 0 Å². The lowest BCUT2D eigenvalue weighted by Crippen LogP contribution is -2.67. The number of carboxylic acids is 1. The molecule has 0 radical (unpaired) electrons. The highest BCUT2D eigenvalue weighted by molar-refractivity contribution is 5.97. The van der Waals surface area contributed by atoms with Crippen molar-refractivity contribution in [1.29, 1.82) is 0 Å². The third kappa shape index (κ3) is 4.00. The smallest absolute Gasteiger partial charge is 0.303 e. The lowest BCUT2D eigenvalue weighted by molar-refractivity contribution is -0.153. The Morgan fingerprint density at radius 1 is 1.35 bits per heavy atom. The van der Waals surface area contributed by atoms with Gasteiger partial charge in [0, 0.05) is 19.0 Å². The number of rotatable bonds is 5. The van der Waals surface area contributed by atoms with Crippen molar-refractivity contribution in [2.45, 2.75) is 57.7 Å². The fourth-order valence-corrected chi connectivity index (χ4v) is 3.07. The van der Waals surface area contributed by atoms with Crippen LogP contribution in [0.2, 0.25) is 0 Å². The predicted molar refractivity (Wildman–Crippen MR) is 80.3 cm³/mol. The fraction of sp³-hybridized carbons (Fsp3) is 0.733. The maximum atomic E-state index is 12.4. The number of carboxylic acid groups (broad SMARTS) is 1. The van der Waals surface area contributed by atoms with Gasteiger partial charge in [0.2, 0.25) is 17.7 Å². The summed E-state index contributed by atoms with van der Waals surface area (Å²) in [4.78, 5) is 48.4. The van der Waals surface area contributed by atoms with E-state index in [1.807, 2.05) is 13.8 Å². The number of piperazine rings is 1. The van der Waals surface area contributed by atoms with Crippen molar-refractivity contribution in [2.75, 3.05) is 6.54 Å². The first kappa shape index (κ1) is 17.2. The molecule has 2 heterocycles. The Labute approximate surface area is 134 Å². The molecule has 3 amide bonds. The zero-order chi connectivity index (χ0) is 17.1. The zero-order valence-corrected chi connectivity index (χ0v) is 13.4. The van der Waals surface area contributed by atoms with E-state index < -0.39 is 18.1 Å². The minimum absolute atomic E-state index is 0.0286. The molecule has 3 N–H and O–H groups in total. The molecule has 0 aromatic rings. The summed E-state index contributed by atoms with van der Waals surface area (Å²) in [7, 11) is 0. The van der Waals surface area contributed by atoms with E-state index in [2.05, 4.69) is 10.6 Å². The number of piperidine rings is 1. The second-order valence-electron chi connectivity index (χ2n) is 6.46. The molecule has 128 valence electrons. The average Bonchev–Trinajstić information content (AvgIpc) is 2.48. The standard InChI is InChI=1S/C15H23N3O5/c1-8(2)13-15(23)18-6-5-9(7-10(18)14(22)17-13)16-11(19)3-4-12(20)21/h8-10,13H,3-7H2,1-2H3,(H,16,19)(H,17,22)(H,20,21). The normalized spacial score (nSPS) is 27.4. The predicted octanol–water partition coefficient (Wildman–Crippen LogP) is -0.519. The van der Waals surface area contributed by atoms with Crippen LogP contribution < -0.4 is 10.6 Å². The number of amides is 3. The Morgan fingerprint density at radius 2 is 2.04 bits per heavy atom. The summed E-state index contributed by atoms with van der Waals surface area (Å²) in [6.07, 6.45) is 0.629. The monoisotopic (exact) mass is 325 g/mol. The van der Waals surface area contributed by atoms with Gasteiger partial charge in [-0.25, -0.2) is 0 Å². The Bertz CT molecular complexity index is 519. The van der Waals surface area contributed by atoms with Crippen molar-refractivity contribution in [1.82, 2.24) is 15.5 Å². The van der Waals surface area contributed by atoms with Crippen molar-refractivity contribution >= 4 is 23.7 Å². The molecule has 0 aliphatic carbocycles. The lowest BCUT2D eigenvalue weighted by Gasteiger charge is -2.45. The van der Waals surface area contributed by atoms with Crippen LogP contribution in [0.3, 0.4) is 0 Å². The van der Waals surface area contributed by atoms with Crippen LogP contribution in [0.1, 0.15) is 39.5 Å². The van der Waals surface area contributed by atoms with Gasteiger partial charge >= 0.3 is 5.97 Å². The van der Waals surface area contributed by atoms with E-state index in [1.54, 1.807) is 4.90 Å². The number of fused-ring (bicyclic) bond motifs is 1. The topological polar surface area (TPSA) is 116 Å². The SMILES string of the molecule is CC(C)C1NC(=O)C2CC(NC(=O)CCC(=O)O)CCN2C1=O. The highest BCUT2D eigenvalue weighted by atomic mass is 16.4. The summed E-state index contributed by atoms with van der Waals surface area (Å²) in [6, 6.07) is -1.26. The third-order valence-corrected chi connectivity index (χ3v) is 4.35. The molecule has 0 aromatic heterocycles. The quantitative estimate of drug-likeness (QED) is 0.629. The second kappa shape index (κ2) is 6.97. The summed E-state index contributed by atoms with van der Waals surface area (Å²) in [5.41, 5.74) is 0. The maximum absolute atomic E-state index is 12.4. The van der Waals surface area contributed by atoms with E-state index in [-0.39, 0.29) is 42.5 Å². The molecule has 2 rings (SSSR count). The fourth-order valence-electron chi connectivity index (χ4n) is 3.07. The van der Waals surface area contributed by atoms with Crippen molar-refractivity contribution in [3.8, 4) is 0 Å². The second-order valence-corrected chi connectivity index (χ2v) is 6.46. The molecule has 2 fully saturated rings. The minimum Gasteiger partial charge on any atom is -0.481 e. The van der Waals surface area contributed by atoms with Gasteiger partial charge in [0.05, 0.1) is 6.42 Å².